The summed E-state index contributed by atoms with van der Waals surface area (Å²) >= 11 is 0. The normalized spacial score (nSPS) is 11.4. The topological polar surface area (TPSA) is 48.1 Å². The third kappa shape index (κ3) is 3.50. The summed E-state index contributed by atoms with van der Waals surface area (Å²) in [6.45, 7) is 9.21. The van der Waals surface area contributed by atoms with E-state index in [1.807, 2.05) is 18.2 Å². The lowest BCUT2D eigenvalue weighted by Gasteiger charge is -2.20. The molecule has 2 aromatic rings. The van der Waals surface area contributed by atoms with E-state index in [1.54, 1.807) is 6.20 Å². The summed E-state index contributed by atoms with van der Waals surface area (Å²) in [5.74, 6) is 1.43. The van der Waals surface area contributed by atoms with Crippen LogP contribution in [-0.2, 0) is 12.0 Å². The van der Waals surface area contributed by atoms with Gasteiger partial charge >= 0.3 is 0 Å². The molecule has 0 bridgehead atoms. The zero-order valence-electron chi connectivity index (χ0n) is 12.6. The zero-order chi connectivity index (χ0) is 14.8. The highest BCUT2D eigenvalue weighted by molar-refractivity contribution is 5.39. The smallest absolute Gasteiger partial charge is 0.123 e. The van der Waals surface area contributed by atoms with Crippen LogP contribution in [0.5, 0.6) is 5.75 Å². The van der Waals surface area contributed by atoms with Gasteiger partial charge in [0.2, 0.25) is 0 Å². The van der Waals surface area contributed by atoms with Crippen LogP contribution in [0.2, 0.25) is 0 Å². The number of nitrogen functional groups attached to an aromatic ring is 1. The Morgan fingerprint density at radius 3 is 2.50 bits per heavy atom. The summed E-state index contributed by atoms with van der Waals surface area (Å²) in [4.78, 5) is 3.97. The van der Waals surface area contributed by atoms with Crippen LogP contribution in [-0.4, -0.2) is 4.98 Å². The van der Waals surface area contributed by atoms with Gasteiger partial charge in [-0.3, -0.25) is 0 Å². The maximum atomic E-state index is 5.86. The number of aromatic nitrogens is 1. The molecule has 0 aliphatic carbocycles. The van der Waals surface area contributed by atoms with E-state index in [1.165, 1.54) is 5.56 Å². The number of ether oxygens (including phenoxy) is 1. The molecule has 3 nitrogen and oxygen atoms in total. The van der Waals surface area contributed by atoms with Crippen LogP contribution in [0, 0.1) is 6.92 Å². The molecule has 0 aliphatic heterocycles. The third-order valence-electron chi connectivity index (χ3n) is 3.28. The van der Waals surface area contributed by atoms with E-state index in [2.05, 4.69) is 44.8 Å². The van der Waals surface area contributed by atoms with Gasteiger partial charge in [-0.05, 0) is 47.2 Å². The Morgan fingerprint density at radius 2 is 1.90 bits per heavy atom. The van der Waals surface area contributed by atoms with Crippen molar-refractivity contribution in [3.05, 3.63) is 53.2 Å². The molecule has 106 valence electrons. The van der Waals surface area contributed by atoms with Crippen molar-refractivity contribution in [1.29, 1.82) is 0 Å². The van der Waals surface area contributed by atoms with Gasteiger partial charge in [-0.2, -0.15) is 0 Å². The van der Waals surface area contributed by atoms with Crippen LogP contribution < -0.4 is 10.5 Å². The Bertz CT molecular complexity index is 600. The molecule has 0 saturated heterocycles. The van der Waals surface area contributed by atoms with Crippen LogP contribution >= 0.6 is 0 Å². The minimum absolute atomic E-state index is 0.156. The second kappa shape index (κ2) is 5.53. The van der Waals surface area contributed by atoms with E-state index in [4.69, 9.17) is 10.5 Å². The SMILES string of the molecule is Cc1cc(C(C)(C)C)ccc1OCc1ccnc(N)c1. The summed E-state index contributed by atoms with van der Waals surface area (Å²) in [6, 6.07) is 10.1. The van der Waals surface area contributed by atoms with E-state index >= 15 is 0 Å². The molecule has 0 amide bonds. The highest BCUT2D eigenvalue weighted by atomic mass is 16.5. The molecule has 1 aromatic heterocycles. The number of nitrogens with zero attached hydrogens (tertiary/aromatic N) is 1. The molecule has 0 radical (unpaired) electrons. The number of aryl methyl sites for hydroxylation is 1. The minimum atomic E-state index is 0.156. The quantitative estimate of drug-likeness (QED) is 0.921. The highest BCUT2D eigenvalue weighted by Crippen LogP contribution is 2.27. The highest BCUT2D eigenvalue weighted by Gasteiger charge is 2.14. The Labute approximate surface area is 120 Å². The molecule has 0 spiro atoms. The number of benzene rings is 1. The fourth-order valence-corrected chi connectivity index (χ4v) is 2.02. The first-order chi connectivity index (χ1) is 9.36. The van der Waals surface area contributed by atoms with Gasteiger partial charge in [0.1, 0.15) is 18.2 Å². The predicted octanol–water partition coefficient (Wildman–Crippen LogP) is 3.85. The first-order valence-electron chi connectivity index (χ1n) is 6.80. The Kier molecular flexibility index (Phi) is 3.98. The number of hydrogen-bond donors (Lipinski definition) is 1. The number of rotatable bonds is 3. The van der Waals surface area contributed by atoms with Gasteiger partial charge in [-0.15, -0.1) is 0 Å². The molecule has 0 unspecified atom stereocenters. The summed E-state index contributed by atoms with van der Waals surface area (Å²) in [5, 5.41) is 0. The number of hydrogen-bond acceptors (Lipinski definition) is 3. The lowest BCUT2D eigenvalue weighted by molar-refractivity contribution is 0.304. The first-order valence-corrected chi connectivity index (χ1v) is 6.80. The van der Waals surface area contributed by atoms with Gasteiger partial charge in [0.15, 0.2) is 0 Å². The van der Waals surface area contributed by atoms with Gasteiger partial charge in [0.05, 0.1) is 0 Å². The fraction of sp³-hybridized carbons (Fsp3) is 0.353. The van der Waals surface area contributed by atoms with Crippen molar-refractivity contribution in [2.75, 3.05) is 5.73 Å². The van der Waals surface area contributed by atoms with Crippen LogP contribution in [0.15, 0.2) is 36.5 Å². The Morgan fingerprint density at radius 1 is 1.15 bits per heavy atom. The Hall–Kier alpha value is -2.03. The molecule has 0 atom stereocenters. The summed E-state index contributed by atoms with van der Waals surface area (Å²) in [6.07, 6.45) is 1.70. The monoisotopic (exact) mass is 270 g/mol. The Balaban J connectivity index is 2.11. The van der Waals surface area contributed by atoms with E-state index in [0.29, 0.717) is 12.4 Å². The fourth-order valence-electron chi connectivity index (χ4n) is 2.02. The molecule has 2 rings (SSSR count). The van der Waals surface area contributed by atoms with Crippen molar-refractivity contribution in [2.24, 2.45) is 0 Å². The first kappa shape index (κ1) is 14.4. The maximum Gasteiger partial charge on any atom is 0.123 e. The molecule has 0 fully saturated rings. The van der Waals surface area contributed by atoms with Crippen molar-refractivity contribution in [3.63, 3.8) is 0 Å². The average Bonchev–Trinajstić information content (AvgIpc) is 2.36. The molecule has 0 aliphatic rings. The van der Waals surface area contributed by atoms with Crippen molar-refractivity contribution >= 4 is 5.82 Å². The molecule has 3 heteroatoms. The maximum absolute atomic E-state index is 5.86. The van der Waals surface area contributed by atoms with Crippen LogP contribution in [0.1, 0.15) is 37.5 Å². The number of nitrogens with two attached hydrogens (primary N) is 1. The second-order valence-corrected chi connectivity index (χ2v) is 6.11. The molecule has 1 heterocycles. The van der Waals surface area contributed by atoms with Gasteiger partial charge in [0, 0.05) is 6.20 Å². The van der Waals surface area contributed by atoms with Gasteiger partial charge in [-0.1, -0.05) is 32.9 Å². The number of pyridine rings is 1. The lowest BCUT2D eigenvalue weighted by Crippen LogP contribution is -2.11. The molecule has 0 saturated carbocycles. The van der Waals surface area contributed by atoms with Gasteiger partial charge in [0.25, 0.3) is 0 Å². The molecular formula is C17H22N2O. The lowest BCUT2D eigenvalue weighted by atomic mass is 9.86. The van der Waals surface area contributed by atoms with E-state index in [0.717, 1.165) is 16.9 Å². The van der Waals surface area contributed by atoms with Gasteiger partial charge in [-0.25, -0.2) is 4.98 Å². The van der Waals surface area contributed by atoms with Crippen molar-refractivity contribution in [3.8, 4) is 5.75 Å². The molecule has 20 heavy (non-hydrogen) atoms. The van der Waals surface area contributed by atoms with Crippen LogP contribution in [0.4, 0.5) is 5.82 Å². The van der Waals surface area contributed by atoms with Crippen molar-refractivity contribution < 1.29 is 4.74 Å². The van der Waals surface area contributed by atoms with Gasteiger partial charge < -0.3 is 10.5 Å². The van der Waals surface area contributed by atoms with E-state index < -0.39 is 0 Å². The average molecular weight is 270 g/mol. The van der Waals surface area contributed by atoms with Crippen LogP contribution in [0.3, 0.4) is 0 Å². The minimum Gasteiger partial charge on any atom is -0.489 e. The third-order valence-corrected chi connectivity index (χ3v) is 3.28. The zero-order valence-corrected chi connectivity index (χ0v) is 12.6. The molecular weight excluding hydrogens is 248 g/mol. The summed E-state index contributed by atoms with van der Waals surface area (Å²) < 4.78 is 5.86. The van der Waals surface area contributed by atoms with E-state index in [9.17, 15) is 0 Å². The predicted molar refractivity (Wildman–Crippen MR) is 82.9 cm³/mol. The summed E-state index contributed by atoms with van der Waals surface area (Å²) in [7, 11) is 0. The molecule has 1 aromatic carbocycles. The van der Waals surface area contributed by atoms with Crippen molar-refractivity contribution in [1.82, 2.24) is 4.98 Å². The largest absolute Gasteiger partial charge is 0.489 e. The number of anilines is 1. The summed E-state index contributed by atoms with van der Waals surface area (Å²) in [5.41, 5.74) is 9.31. The standard InChI is InChI=1S/C17H22N2O/c1-12-9-14(17(2,3)4)5-6-15(12)20-11-13-7-8-19-16(18)10-13/h5-10H,11H2,1-4H3,(H2,18,19). The van der Waals surface area contributed by atoms with Crippen LogP contribution in [0.25, 0.3) is 0 Å². The van der Waals surface area contributed by atoms with Crippen molar-refractivity contribution in [2.45, 2.75) is 39.7 Å². The van der Waals surface area contributed by atoms with E-state index in [-0.39, 0.29) is 5.41 Å². The molecule has 2 N–H and O–H groups in total. The second-order valence-electron chi connectivity index (χ2n) is 6.11.